The van der Waals surface area contributed by atoms with Crippen LogP contribution in [0.4, 0.5) is 14.0 Å². The van der Waals surface area contributed by atoms with Crippen LogP contribution in [-0.2, 0) is 20.8 Å². The first-order valence-corrected chi connectivity index (χ1v) is 20.6. The molecular weight excluding hydrogens is 744 g/mol. The number of ether oxygens (including phenoxy) is 3. The first-order chi connectivity index (χ1) is 23.4. The minimum atomic E-state index is -1.57. The third kappa shape index (κ3) is 10.2. The molecule has 1 heterocycles. The van der Waals surface area contributed by atoms with E-state index in [-0.39, 0.29) is 45.3 Å². The minimum absolute atomic E-state index is 0.0111. The monoisotopic (exact) mass is 784 g/mol. The van der Waals surface area contributed by atoms with Gasteiger partial charge in [0.2, 0.25) is 10.9 Å². The van der Waals surface area contributed by atoms with E-state index in [1.807, 2.05) is 6.07 Å². The zero-order chi connectivity index (χ0) is 38.7. The molecule has 2 aromatic rings. The number of guanidine groups is 1. The van der Waals surface area contributed by atoms with Gasteiger partial charge in [-0.15, -0.1) is 0 Å². The van der Waals surface area contributed by atoms with Gasteiger partial charge in [0.15, 0.2) is 18.3 Å². The summed E-state index contributed by atoms with van der Waals surface area (Å²) < 4.78 is 33.1. The van der Waals surface area contributed by atoms with Gasteiger partial charge in [0.1, 0.15) is 16.9 Å². The molecule has 276 valence electrons. The average Bonchev–Trinajstić information content (AvgIpc) is 3.25. The van der Waals surface area contributed by atoms with Crippen LogP contribution in [0.5, 0.6) is 11.5 Å². The van der Waals surface area contributed by atoms with Crippen LogP contribution in [0, 0.1) is 17.1 Å². The van der Waals surface area contributed by atoms with E-state index in [4.69, 9.17) is 49.0 Å². The number of quaternary nitrogens is 1. The minimum Gasteiger partial charge on any atom is -0.465 e. The fourth-order valence-electron chi connectivity index (χ4n) is 4.94. The molecule has 0 saturated heterocycles. The lowest BCUT2D eigenvalue weighted by Crippen LogP contribution is -2.68. The van der Waals surface area contributed by atoms with Gasteiger partial charge in [0, 0.05) is 18.7 Å². The summed E-state index contributed by atoms with van der Waals surface area (Å²) in [6, 6.07) is 9.34. The first kappa shape index (κ1) is 41.7. The Balaban J connectivity index is 2.18. The summed E-state index contributed by atoms with van der Waals surface area (Å²) in [5.41, 5.74) is -2.51. The van der Waals surface area contributed by atoms with Crippen molar-refractivity contribution >= 4 is 66.9 Å². The summed E-state index contributed by atoms with van der Waals surface area (Å²) in [7, 11) is -1.57. The molecule has 17 heteroatoms. The zero-order valence-corrected chi connectivity index (χ0v) is 33.2. The Labute approximate surface area is 312 Å². The smallest absolute Gasteiger partial charge is 0.417 e. The van der Waals surface area contributed by atoms with Crippen LogP contribution in [0.2, 0.25) is 35.7 Å². The van der Waals surface area contributed by atoms with Gasteiger partial charge in [-0.05, 0) is 71.9 Å². The lowest BCUT2D eigenvalue weighted by atomic mass is 10.0. The molecule has 0 spiro atoms. The molecule has 1 atom stereocenters. The van der Waals surface area contributed by atoms with Crippen molar-refractivity contribution in [3.05, 3.63) is 68.2 Å². The maximum atomic E-state index is 16.3. The Morgan fingerprint density at radius 2 is 1.73 bits per heavy atom. The molecule has 3 amide bonds. The number of carbonyl (C=O) groups excluding carboxylic acids is 2. The van der Waals surface area contributed by atoms with Crippen molar-refractivity contribution in [1.82, 2.24) is 10.2 Å². The fraction of sp³-hybridized carbons (Fsp3) is 0.441. The summed E-state index contributed by atoms with van der Waals surface area (Å²) in [4.78, 5) is 45.5. The highest BCUT2D eigenvalue weighted by molar-refractivity contribution is 6.76. The van der Waals surface area contributed by atoms with Crippen LogP contribution < -0.4 is 10.1 Å². The van der Waals surface area contributed by atoms with Gasteiger partial charge in [-0.1, -0.05) is 60.5 Å². The number of nitrogens with one attached hydrogen (secondary N) is 1. The fourth-order valence-corrected chi connectivity index (χ4v) is 6.42. The number of hydrogen-bond acceptors (Lipinski definition) is 8. The van der Waals surface area contributed by atoms with E-state index in [2.05, 4.69) is 30.0 Å². The van der Waals surface area contributed by atoms with Gasteiger partial charge in [-0.2, -0.15) is 14.7 Å². The standard InChI is InChI=1S/C34H41Cl3FN5O7Si/c1-33(2,3)43(19-48-12-13-51(7,8)9)26(28(37)40-30(43)41-31(45)46)29(44)42(32(47)50-34(4,5)6)18-21-10-11-24(36)27(25(21)38)49-23-15-20(17-39)14-22(35)16-23/h10-11,14-16H,12-13,18-19H2,1-9H3,(H-,40,41,44,45,46)/p+1. The van der Waals surface area contributed by atoms with E-state index >= 15 is 4.39 Å². The number of nitriles is 1. The topological polar surface area (TPSA) is 151 Å². The molecule has 0 radical (unpaired) electrons. The van der Waals surface area contributed by atoms with Gasteiger partial charge < -0.3 is 19.3 Å². The third-order valence-corrected chi connectivity index (χ3v) is 10.0. The largest absolute Gasteiger partial charge is 0.465 e. The maximum absolute atomic E-state index is 16.3. The van der Waals surface area contributed by atoms with Crippen LogP contribution in [0.1, 0.15) is 52.7 Å². The van der Waals surface area contributed by atoms with Crippen molar-refractivity contribution in [1.29, 1.82) is 5.26 Å². The second kappa shape index (κ2) is 15.9. The van der Waals surface area contributed by atoms with Gasteiger partial charge >= 0.3 is 24.1 Å². The second-order valence-electron chi connectivity index (χ2n) is 14.9. The van der Waals surface area contributed by atoms with E-state index in [9.17, 15) is 24.8 Å². The highest BCUT2D eigenvalue weighted by Crippen LogP contribution is 2.42. The Hall–Kier alpha value is -3.71. The molecule has 0 aliphatic carbocycles. The van der Waals surface area contributed by atoms with Crippen LogP contribution in [-0.4, -0.2) is 71.1 Å². The lowest BCUT2D eigenvalue weighted by molar-refractivity contribution is -0.869. The summed E-state index contributed by atoms with van der Waals surface area (Å²) >= 11 is 19.1. The van der Waals surface area contributed by atoms with Crippen molar-refractivity contribution in [3.63, 3.8) is 0 Å². The van der Waals surface area contributed by atoms with E-state index in [1.165, 1.54) is 30.3 Å². The van der Waals surface area contributed by atoms with Crippen molar-refractivity contribution in [2.75, 3.05) is 13.3 Å². The van der Waals surface area contributed by atoms with Gasteiger partial charge in [-0.25, -0.2) is 24.2 Å². The predicted molar refractivity (Wildman–Crippen MR) is 195 cm³/mol. The highest BCUT2D eigenvalue weighted by Gasteiger charge is 2.59. The molecule has 12 nitrogen and oxygen atoms in total. The molecular formula is C34H42Cl3FN5O7Si+. The molecule has 2 N–H and O–H groups in total. The Kier molecular flexibility index (Phi) is 13.0. The summed E-state index contributed by atoms with van der Waals surface area (Å²) in [6.07, 6.45) is -2.62. The number of benzene rings is 2. The number of halogens is 4. The van der Waals surface area contributed by atoms with E-state index < -0.39 is 65.1 Å². The number of carbonyl (C=O) groups is 3. The summed E-state index contributed by atoms with van der Waals surface area (Å²) in [5, 5.41) is 20.9. The number of aliphatic imine (C=N–C) groups is 1. The maximum Gasteiger partial charge on any atom is 0.417 e. The molecule has 1 unspecified atom stereocenters. The van der Waals surface area contributed by atoms with Crippen LogP contribution in [0.3, 0.4) is 0 Å². The number of carboxylic acid groups (broad SMARTS) is 1. The Morgan fingerprint density at radius 3 is 2.27 bits per heavy atom. The van der Waals surface area contributed by atoms with Crippen LogP contribution in [0.15, 0.2) is 46.2 Å². The van der Waals surface area contributed by atoms with E-state index in [0.29, 0.717) is 11.5 Å². The second-order valence-corrected chi connectivity index (χ2v) is 21.8. The number of imide groups is 1. The van der Waals surface area contributed by atoms with E-state index in [0.717, 1.165) is 6.04 Å². The van der Waals surface area contributed by atoms with Gasteiger partial charge in [0.25, 0.3) is 0 Å². The number of amides is 3. The Bertz CT molecular complexity index is 1810. The molecule has 0 saturated carbocycles. The molecule has 51 heavy (non-hydrogen) atoms. The predicted octanol–water partition coefficient (Wildman–Crippen LogP) is 9.03. The average molecular weight is 786 g/mol. The summed E-state index contributed by atoms with van der Waals surface area (Å²) in [5.74, 6) is -2.75. The zero-order valence-electron chi connectivity index (χ0n) is 29.9. The normalized spacial score (nSPS) is 16.4. The number of rotatable bonds is 10. The molecule has 0 fully saturated rings. The van der Waals surface area contributed by atoms with Gasteiger partial charge in [-0.3, -0.25) is 4.79 Å². The van der Waals surface area contributed by atoms with Crippen molar-refractivity contribution in [2.45, 2.75) is 84.9 Å². The van der Waals surface area contributed by atoms with E-state index in [1.54, 1.807) is 41.5 Å². The number of nitrogens with zero attached hydrogens (tertiary/aromatic N) is 4. The summed E-state index contributed by atoms with van der Waals surface area (Å²) in [6.45, 7) is 15.7. The molecule has 0 aromatic heterocycles. The first-order valence-electron chi connectivity index (χ1n) is 15.8. The van der Waals surface area contributed by atoms with Crippen LogP contribution in [0.25, 0.3) is 0 Å². The van der Waals surface area contributed by atoms with Gasteiger partial charge in [0.05, 0.1) is 29.8 Å². The van der Waals surface area contributed by atoms with Crippen molar-refractivity contribution in [2.24, 2.45) is 4.99 Å². The van der Waals surface area contributed by atoms with Crippen molar-refractivity contribution in [3.8, 4) is 17.6 Å². The van der Waals surface area contributed by atoms with Crippen LogP contribution >= 0.6 is 34.8 Å². The quantitative estimate of drug-likeness (QED) is 0.105. The third-order valence-electron chi connectivity index (χ3n) is 7.53. The molecule has 1 aliphatic heterocycles. The SMILES string of the molecule is CC(C)(C)OC(=O)N(Cc1ccc(Cl)c(Oc2cc(Cl)cc(C#N)c2)c1F)C(=O)C1=C(Cl)N=C(NC(=O)O)[N+]1(COCC[Si](C)(C)C)C(C)(C)C. The lowest BCUT2D eigenvalue weighted by Gasteiger charge is -2.45. The highest BCUT2D eigenvalue weighted by atomic mass is 35.5. The molecule has 0 bridgehead atoms. The Morgan fingerprint density at radius 1 is 1.08 bits per heavy atom. The van der Waals surface area contributed by atoms with Crippen molar-refractivity contribution < 1.29 is 42.6 Å². The molecule has 3 rings (SSSR count). The molecule has 1 aliphatic rings. The molecule has 2 aromatic carbocycles. The number of hydrogen-bond donors (Lipinski definition) is 2.